The third kappa shape index (κ3) is 2.73. The third-order valence-electron chi connectivity index (χ3n) is 2.57. The summed E-state index contributed by atoms with van der Waals surface area (Å²) in [4.78, 5) is 16.3. The highest BCUT2D eigenvalue weighted by Crippen LogP contribution is 2.19. The van der Waals surface area contributed by atoms with Gasteiger partial charge in [-0.1, -0.05) is 18.2 Å². The summed E-state index contributed by atoms with van der Waals surface area (Å²) < 4.78 is 0. The molecule has 18 heavy (non-hydrogen) atoms. The number of anilines is 1. The third-order valence-corrected chi connectivity index (χ3v) is 3.18. The lowest BCUT2D eigenvalue weighted by molar-refractivity contribution is 0.0958. The zero-order valence-corrected chi connectivity index (χ0v) is 11.0. The van der Waals surface area contributed by atoms with Gasteiger partial charge in [0.25, 0.3) is 5.91 Å². The highest BCUT2D eigenvalue weighted by molar-refractivity contribution is 7.98. The second-order valence-electron chi connectivity index (χ2n) is 3.86. The number of aromatic nitrogens is 1. The second kappa shape index (κ2) is 5.73. The molecule has 0 aliphatic carbocycles. The minimum absolute atomic E-state index is 0.102. The van der Waals surface area contributed by atoms with Crippen molar-refractivity contribution in [1.29, 1.82) is 0 Å². The number of rotatable bonds is 4. The van der Waals surface area contributed by atoms with Crippen molar-refractivity contribution in [2.75, 3.05) is 24.3 Å². The number of nitrogens with two attached hydrogens (primary N) is 1. The molecule has 1 aromatic heterocycles. The Hall–Kier alpha value is -1.75. The number of nitrogens with zero attached hydrogens (tertiary/aromatic N) is 1. The van der Waals surface area contributed by atoms with E-state index in [4.69, 9.17) is 5.73 Å². The quantitative estimate of drug-likeness (QED) is 0.825. The fraction of sp³-hybridized carbons (Fsp3) is 0.231. The maximum absolute atomic E-state index is 12.1. The monoisotopic (exact) mass is 261 g/mol. The Balaban J connectivity index is 2.34. The predicted octanol–water partition coefficient (Wildman–Crippen LogP) is 1.91. The molecule has 5 heteroatoms. The Labute approximate surface area is 110 Å². The van der Waals surface area contributed by atoms with Crippen molar-refractivity contribution >= 4 is 34.4 Å². The van der Waals surface area contributed by atoms with Gasteiger partial charge in [0.15, 0.2) is 0 Å². The molecule has 1 heterocycles. The van der Waals surface area contributed by atoms with Crippen LogP contribution in [0, 0.1) is 0 Å². The molecule has 4 nitrogen and oxygen atoms in total. The summed E-state index contributed by atoms with van der Waals surface area (Å²) in [5.41, 5.74) is 7.05. The van der Waals surface area contributed by atoms with Crippen LogP contribution in [0.15, 0.2) is 30.3 Å². The number of para-hydroxylation sites is 1. The van der Waals surface area contributed by atoms with Crippen LogP contribution in [0.1, 0.15) is 10.4 Å². The van der Waals surface area contributed by atoms with E-state index in [0.29, 0.717) is 17.9 Å². The molecule has 1 aromatic carbocycles. The molecule has 0 spiro atoms. The van der Waals surface area contributed by atoms with Gasteiger partial charge in [0, 0.05) is 17.7 Å². The van der Waals surface area contributed by atoms with Gasteiger partial charge in [-0.05, 0) is 18.4 Å². The number of carbonyl (C=O) groups is 1. The van der Waals surface area contributed by atoms with Gasteiger partial charge in [0.1, 0.15) is 5.82 Å². The Morgan fingerprint density at radius 1 is 1.44 bits per heavy atom. The van der Waals surface area contributed by atoms with Gasteiger partial charge in [-0.15, -0.1) is 0 Å². The van der Waals surface area contributed by atoms with Crippen LogP contribution >= 0.6 is 11.8 Å². The number of hydrogen-bond acceptors (Lipinski definition) is 4. The van der Waals surface area contributed by atoms with Gasteiger partial charge in [-0.3, -0.25) is 4.79 Å². The minimum atomic E-state index is -0.102. The normalized spacial score (nSPS) is 10.5. The van der Waals surface area contributed by atoms with Crippen molar-refractivity contribution < 1.29 is 4.79 Å². The van der Waals surface area contributed by atoms with E-state index in [9.17, 15) is 4.79 Å². The SMILES string of the molecule is CSCCNC(=O)c1cc(N)nc2ccccc12. The first kappa shape index (κ1) is 12.7. The summed E-state index contributed by atoms with van der Waals surface area (Å²) in [6.45, 7) is 0.649. The maximum atomic E-state index is 12.1. The molecule has 94 valence electrons. The molecule has 0 aliphatic heterocycles. The molecular formula is C13H15N3OS. The summed E-state index contributed by atoms with van der Waals surface area (Å²) in [6, 6.07) is 9.12. The molecule has 0 radical (unpaired) electrons. The molecule has 2 aromatic rings. The Kier molecular flexibility index (Phi) is 4.04. The number of nitrogen functional groups attached to an aromatic ring is 1. The van der Waals surface area contributed by atoms with Crippen LogP contribution in [0.25, 0.3) is 10.9 Å². The van der Waals surface area contributed by atoms with Gasteiger partial charge in [-0.25, -0.2) is 4.98 Å². The fourth-order valence-electron chi connectivity index (χ4n) is 1.75. The topological polar surface area (TPSA) is 68.0 Å². The summed E-state index contributed by atoms with van der Waals surface area (Å²) in [5, 5.41) is 3.70. The van der Waals surface area contributed by atoms with E-state index in [0.717, 1.165) is 16.7 Å². The summed E-state index contributed by atoms with van der Waals surface area (Å²) in [7, 11) is 0. The zero-order valence-electron chi connectivity index (χ0n) is 10.1. The Morgan fingerprint density at radius 2 is 2.22 bits per heavy atom. The molecule has 2 rings (SSSR count). The molecule has 0 saturated carbocycles. The minimum Gasteiger partial charge on any atom is -0.384 e. The number of carbonyl (C=O) groups excluding carboxylic acids is 1. The second-order valence-corrected chi connectivity index (χ2v) is 4.85. The van der Waals surface area contributed by atoms with Crippen molar-refractivity contribution in [2.45, 2.75) is 0 Å². The maximum Gasteiger partial charge on any atom is 0.252 e. The standard InChI is InChI=1S/C13H15N3OS/c1-18-7-6-15-13(17)10-8-12(14)16-11-5-3-2-4-9(10)11/h2-5,8H,6-7H2,1H3,(H2,14,16)(H,15,17). The molecule has 0 aliphatic rings. The highest BCUT2D eigenvalue weighted by Gasteiger charge is 2.11. The molecule has 0 unspecified atom stereocenters. The van der Waals surface area contributed by atoms with Crippen molar-refractivity contribution in [3.8, 4) is 0 Å². The van der Waals surface area contributed by atoms with Crippen LogP contribution in [-0.4, -0.2) is 29.4 Å². The number of thioether (sulfide) groups is 1. The molecule has 3 N–H and O–H groups in total. The number of amides is 1. The van der Waals surface area contributed by atoms with E-state index in [-0.39, 0.29) is 5.91 Å². The number of hydrogen-bond donors (Lipinski definition) is 2. The average Bonchev–Trinajstić information content (AvgIpc) is 2.38. The number of pyridine rings is 1. The zero-order chi connectivity index (χ0) is 13.0. The van der Waals surface area contributed by atoms with Crippen LogP contribution < -0.4 is 11.1 Å². The fourth-order valence-corrected chi connectivity index (χ4v) is 2.05. The predicted molar refractivity (Wildman–Crippen MR) is 76.9 cm³/mol. The van der Waals surface area contributed by atoms with Crippen LogP contribution in [0.5, 0.6) is 0 Å². The van der Waals surface area contributed by atoms with Gasteiger partial charge in [0.2, 0.25) is 0 Å². The van der Waals surface area contributed by atoms with Crippen LogP contribution in [0.4, 0.5) is 5.82 Å². The molecular weight excluding hydrogens is 246 g/mol. The largest absolute Gasteiger partial charge is 0.384 e. The van der Waals surface area contributed by atoms with Gasteiger partial charge < -0.3 is 11.1 Å². The van der Waals surface area contributed by atoms with Gasteiger partial charge >= 0.3 is 0 Å². The number of benzene rings is 1. The molecule has 0 atom stereocenters. The Morgan fingerprint density at radius 3 is 3.00 bits per heavy atom. The van der Waals surface area contributed by atoms with Gasteiger partial charge in [0.05, 0.1) is 11.1 Å². The first-order chi connectivity index (χ1) is 8.72. The van der Waals surface area contributed by atoms with Crippen molar-refractivity contribution in [3.63, 3.8) is 0 Å². The van der Waals surface area contributed by atoms with E-state index in [1.165, 1.54) is 0 Å². The van der Waals surface area contributed by atoms with E-state index >= 15 is 0 Å². The molecule has 0 saturated heterocycles. The van der Waals surface area contributed by atoms with Crippen LogP contribution in [0.3, 0.4) is 0 Å². The first-order valence-electron chi connectivity index (χ1n) is 5.65. The molecule has 0 fully saturated rings. The first-order valence-corrected chi connectivity index (χ1v) is 7.04. The smallest absolute Gasteiger partial charge is 0.252 e. The van der Waals surface area contributed by atoms with Crippen LogP contribution in [-0.2, 0) is 0 Å². The van der Waals surface area contributed by atoms with Gasteiger partial charge in [-0.2, -0.15) is 11.8 Å². The lowest BCUT2D eigenvalue weighted by Gasteiger charge is -2.08. The van der Waals surface area contributed by atoms with Crippen molar-refractivity contribution in [1.82, 2.24) is 10.3 Å². The Bertz CT molecular complexity index is 571. The molecule has 1 amide bonds. The summed E-state index contributed by atoms with van der Waals surface area (Å²) in [6.07, 6.45) is 2.01. The summed E-state index contributed by atoms with van der Waals surface area (Å²) >= 11 is 1.69. The van der Waals surface area contributed by atoms with Crippen molar-refractivity contribution in [3.05, 3.63) is 35.9 Å². The van der Waals surface area contributed by atoms with E-state index in [1.807, 2.05) is 30.5 Å². The van der Waals surface area contributed by atoms with E-state index in [1.54, 1.807) is 17.8 Å². The number of nitrogens with one attached hydrogen (secondary N) is 1. The lowest BCUT2D eigenvalue weighted by Crippen LogP contribution is -2.26. The highest BCUT2D eigenvalue weighted by atomic mass is 32.2. The van der Waals surface area contributed by atoms with Crippen LogP contribution in [0.2, 0.25) is 0 Å². The van der Waals surface area contributed by atoms with Crippen molar-refractivity contribution in [2.24, 2.45) is 0 Å². The lowest BCUT2D eigenvalue weighted by atomic mass is 10.1. The summed E-state index contributed by atoms with van der Waals surface area (Å²) in [5.74, 6) is 1.16. The van der Waals surface area contributed by atoms with E-state index in [2.05, 4.69) is 10.3 Å². The number of fused-ring (bicyclic) bond motifs is 1. The molecule has 0 bridgehead atoms. The van der Waals surface area contributed by atoms with E-state index < -0.39 is 0 Å². The average molecular weight is 261 g/mol.